The third kappa shape index (κ3) is 4.03. The first-order valence-corrected chi connectivity index (χ1v) is 6.39. The van der Waals surface area contributed by atoms with Crippen molar-refractivity contribution < 1.29 is 24.1 Å². The van der Waals surface area contributed by atoms with Crippen molar-refractivity contribution in [3.63, 3.8) is 0 Å². The molecule has 1 aromatic rings. The number of carboxylic acid groups (broad SMARTS) is 1. The molecule has 0 radical (unpaired) electrons. The number of hydrogen-bond donors (Lipinski definition) is 2. The van der Waals surface area contributed by atoms with Crippen molar-refractivity contribution in [3.8, 4) is 17.2 Å². The third-order valence-electron chi connectivity index (χ3n) is 2.88. The Bertz CT molecular complexity index is 461. The average molecular weight is 283 g/mol. The zero-order chi connectivity index (χ0) is 15.1. The van der Waals surface area contributed by atoms with E-state index >= 15 is 0 Å². The predicted molar refractivity (Wildman–Crippen MR) is 74.5 cm³/mol. The molecule has 112 valence electrons. The Hall–Kier alpha value is -1.95. The topological polar surface area (TPSA) is 91.0 Å². The molecule has 0 saturated heterocycles. The van der Waals surface area contributed by atoms with Gasteiger partial charge in [-0.25, -0.2) is 0 Å². The molecule has 0 amide bonds. The highest BCUT2D eigenvalue weighted by molar-refractivity contribution is 5.66. The second kappa shape index (κ2) is 7.59. The molecule has 0 aromatic heterocycles. The Labute approximate surface area is 118 Å². The van der Waals surface area contributed by atoms with E-state index in [-0.39, 0.29) is 6.42 Å². The molecule has 6 heteroatoms. The highest BCUT2D eigenvalue weighted by Crippen LogP contribution is 2.38. The van der Waals surface area contributed by atoms with Gasteiger partial charge in [0.15, 0.2) is 11.5 Å². The number of carbonyl (C=O) groups is 1. The van der Waals surface area contributed by atoms with E-state index in [9.17, 15) is 4.79 Å². The SMILES string of the molecule is CCOc1cc(C(N)CCC(=O)O)c(OC)cc1OC. The van der Waals surface area contributed by atoms with Gasteiger partial charge in [0.05, 0.1) is 20.8 Å². The van der Waals surface area contributed by atoms with Crippen LogP contribution in [0.3, 0.4) is 0 Å². The number of carboxylic acids is 1. The molecular weight excluding hydrogens is 262 g/mol. The Morgan fingerprint density at radius 2 is 1.90 bits per heavy atom. The highest BCUT2D eigenvalue weighted by Gasteiger charge is 2.18. The van der Waals surface area contributed by atoms with Gasteiger partial charge in [-0.05, 0) is 19.4 Å². The normalized spacial score (nSPS) is 11.8. The summed E-state index contributed by atoms with van der Waals surface area (Å²) in [5.74, 6) is 0.801. The van der Waals surface area contributed by atoms with Crippen LogP contribution in [0.1, 0.15) is 31.4 Å². The quantitative estimate of drug-likeness (QED) is 0.758. The monoisotopic (exact) mass is 283 g/mol. The van der Waals surface area contributed by atoms with Crippen molar-refractivity contribution in [3.05, 3.63) is 17.7 Å². The molecule has 0 heterocycles. The standard InChI is InChI=1S/C14H21NO5/c1-4-20-13-7-9(10(15)5-6-14(16)17)11(18-2)8-12(13)19-3/h7-8,10H,4-6,15H2,1-3H3,(H,16,17). The maximum Gasteiger partial charge on any atom is 0.303 e. The Balaban J connectivity index is 3.08. The minimum Gasteiger partial charge on any atom is -0.496 e. The van der Waals surface area contributed by atoms with E-state index in [1.807, 2.05) is 6.92 Å². The Morgan fingerprint density at radius 1 is 1.25 bits per heavy atom. The molecule has 0 aliphatic rings. The molecule has 0 spiro atoms. The summed E-state index contributed by atoms with van der Waals surface area (Å²) < 4.78 is 16.0. The fourth-order valence-corrected chi connectivity index (χ4v) is 1.89. The average Bonchev–Trinajstić information content (AvgIpc) is 2.44. The van der Waals surface area contributed by atoms with Gasteiger partial charge >= 0.3 is 5.97 Å². The van der Waals surface area contributed by atoms with Gasteiger partial charge in [0.1, 0.15) is 5.75 Å². The van der Waals surface area contributed by atoms with Gasteiger partial charge in [0.2, 0.25) is 0 Å². The molecule has 0 bridgehead atoms. The first-order valence-electron chi connectivity index (χ1n) is 6.39. The van der Waals surface area contributed by atoms with Gasteiger partial charge in [-0.3, -0.25) is 4.79 Å². The predicted octanol–water partition coefficient (Wildman–Crippen LogP) is 1.97. The van der Waals surface area contributed by atoms with E-state index in [0.717, 1.165) is 0 Å². The van der Waals surface area contributed by atoms with Crippen LogP contribution in [0.4, 0.5) is 0 Å². The molecule has 0 fully saturated rings. The largest absolute Gasteiger partial charge is 0.496 e. The molecule has 3 N–H and O–H groups in total. The molecule has 6 nitrogen and oxygen atoms in total. The van der Waals surface area contributed by atoms with E-state index < -0.39 is 12.0 Å². The fourth-order valence-electron chi connectivity index (χ4n) is 1.89. The molecule has 0 aliphatic heterocycles. The Kier molecular flexibility index (Phi) is 6.11. The molecule has 1 rings (SSSR count). The molecule has 20 heavy (non-hydrogen) atoms. The second-order valence-electron chi connectivity index (χ2n) is 4.22. The van der Waals surface area contributed by atoms with Crippen molar-refractivity contribution in [2.75, 3.05) is 20.8 Å². The van der Waals surface area contributed by atoms with E-state index in [0.29, 0.717) is 35.8 Å². The fraction of sp³-hybridized carbons (Fsp3) is 0.500. The minimum atomic E-state index is -0.877. The lowest BCUT2D eigenvalue weighted by atomic mass is 10.0. The van der Waals surface area contributed by atoms with Gasteiger partial charge in [-0.1, -0.05) is 0 Å². The number of hydrogen-bond acceptors (Lipinski definition) is 5. The first kappa shape index (κ1) is 16.1. The number of rotatable bonds is 8. The summed E-state index contributed by atoms with van der Waals surface area (Å²) >= 11 is 0. The van der Waals surface area contributed by atoms with Crippen LogP contribution in [0, 0.1) is 0 Å². The highest BCUT2D eigenvalue weighted by atomic mass is 16.5. The van der Waals surface area contributed by atoms with Crippen LogP contribution in [-0.2, 0) is 4.79 Å². The van der Waals surface area contributed by atoms with Crippen LogP contribution < -0.4 is 19.9 Å². The maximum atomic E-state index is 10.6. The summed E-state index contributed by atoms with van der Waals surface area (Å²) in [6.45, 7) is 2.36. The van der Waals surface area contributed by atoms with Crippen molar-refractivity contribution in [2.24, 2.45) is 5.73 Å². The number of methoxy groups -OCH3 is 2. The van der Waals surface area contributed by atoms with Gasteiger partial charge in [0.25, 0.3) is 0 Å². The van der Waals surface area contributed by atoms with Crippen LogP contribution in [0.2, 0.25) is 0 Å². The zero-order valence-electron chi connectivity index (χ0n) is 12.0. The van der Waals surface area contributed by atoms with E-state index in [1.165, 1.54) is 7.11 Å². The van der Waals surface area contributed by atoms with E-state index in [2.05, 4.69) is 0 Å². The Morgan fingerprint density at radius 3 is 2.40 bits per heavy atom. The zero-order valence-corrected chi connectivity index (χ0v) is 12.0. The lowest BCUT2D eigenvalue weighted by Gasteiger charge is -2.18. The summed E-state index contributed by atoms with van der Waals surface area (Å²) in [6, 6.07) is 3.00. The number of ether oxygens (including phenoxy) is 3. The summed E-state index contributed by atoms with van der Waals surface area (Å²) in [4.78, 5) is 10.6. The smallest absolute Gasteiger partial charge is 0.303 e. The molecule has 0 aliphatic carbocycles. The number of nitrogens with two attached hydrogens (primary N) is 1. The van der Waals surface area contributed by atoms with Crippen molar-refractivity contribution in [2.45, 2.75) is 25.8 Å². The van der Waals surface area contributed by atoms with Gasteiger partial charge in [-0.15, -0.1) is 0 Å². The molecule has 1 aromatic carbocycles. The lowest BCUT2D eigenvalue weighted by molar-refractivity contribution is -0.137. The molecule has 1 unspecified atom stereocenters. The van der Waals surface area contributed by atoms with Crippen LogP contribution in [0.25, 0.3) is 0 Å². The van der Waals surface area contributed by atoms with Crippen LogP contribution >= 0.6 is 0 Å². The van der Waals surface area contributed by atoms with Crippen LogP contribution in [-0.4, -0.2) is 31.9 Å². The van der Waals surface area contributed by atoms with E-state index in [1.54, 1.807) is 19.2 Å². The number of benzene rings is 1. The summed E-state index contributed by atoms with van der Waals surface area (Å²) in [6.07, 6.45) is 0.323. The molecule has 0 saturated carbocycles. The third-order valence-corrected chi connectivity index (χ3v) is 2.88. The van der Waals surface area contributed by atoms with Gasteiger partial charge in [0, 0.05) is 24.1 Å². The van der Waals surface area contributed by atoms with Gasteiger partial charge in [-0.2, -0.15) is 0 Å². The van der Waals surface area contributed by atoms with Crippen LogP contribution in [0.15, 0.2) is 12.1 Å². The van der Waals surface area contributed by atoms with E-state index in [4.69, 9.17) is 25.1 Å². The first-order chi connectivity index (χ1) is 9.53. The summed E-state index contributed by atoms with van der Waals surface area (Å²) in [5, 5.41) is 8.73. The maximum absolute atomic E-state index is 10.6. The lowest BCUT2D eigenvalue weighted by Crippen LogP contribution is -2.14. The second-order valence-corrected chi connectivity index (χ2v) is 4.22. The minimum absolute atomic E-state index is 0.000316. The molecule has 1 atom stereocenters. The van der Waals surface area contributed by atoms with Crippen molar-refractivity contribution >= 4 is 5.97 Å². The summed E-state index contributed by atoms with van der Waals surface area (Å²) in [7, 11) is 3.07. The van der Waals surface area contributed by atoms with Crippen molar-refractivity contribution in [1.82, 2.24) is 0 Å². The number of aliphatic carboxylic acids is 1. The van der Waals surface area contributed by atoms with Gasteiger partial charge < -0.3 is 25.1 Å². The summed E-state index contributed by atoms with van der Waals surface area (Å²) in [5.41, 5.74) is 6.74. The molecular formula is C14H21NO5. The van der Waals surface area contributed by atoms with Crippen molar-refractivity contribution in [1.29, 1.82) is 0 Å². The van der Waals surface area contributed by atoms with Crippen LogP contribution in [0.5, 0.6) is 17.2 Å².